The Balaban J connectivity index is 2.46. The summed E-state index contributed by atoms with van der Waals surface area (Å²) >= 11 is 0. The third-order valence-electron chi connectivity index (χ3n) is 2.40. The Morgan fingerprint density at radius 1 is 1.47 bits per heavy atom. The summed E-state index contributed by atoms with van der Waals surface area (Å²) in [5.41, 5.74) is 0. The zero-order valence-electron chi connectivity index (χ0n) is 8.64. The molecule has 0 aromatic heterocycles. The zero-order valence-corrected chi connectivity index (χ0v) is 9.46. The van der Waals surface area contributed by atoms with E-state index in [1.807, 2.05) is 0 Å². The first-order valence-corrected chi connectivity index (χ1v) is 6.35. The van der Waals surface area contributed by atoms with E-state index in [4.69, 9.17) is 5.11 Å². The average molecular weight is 236 g/mol. The van der Waals surface area contributed by atoms with Gasteiger partial charge in [0.1, 0.15) is 0 Å². The monoisotopic (exact) mass is 236 g/mol. The maximum absolute atomic E-state index is 11.6. The van der Waals surface area contributed by atoms with E-state index in [1.54, 1.807) is 0 Å². The fourth-order valence-corrected chi connectivity index (χ4v) is 2.72. The summed E-state index contributed by atoms with van der Waals surface area (Å²) < 4.78 is 26.8. The van der Waals surface area contributed by atoms with Crippen LogP contribution < -0.4 is 4.72 Å². The van der Waals surface area contributed by atoms with Gasteiger partial charge in [-0.2, -0.15) is 12.7 Å². The highest BCUT2D eigenvalue weighted by molar-refractivity contribution is 7.87. The Labute approximate surface area is 89.4 Å². The van der Waals surface area contributed by atoms with Crippen molar-refractivity contribution in [3.63, 3.8) is 0 Å². The van der Waals surface area contributed by atoms with E-state index in [1.165, 1.54) is 11.2 Å². The van der Waals surface area contributed by atoms with Crippen LogP contribution >= 0.6 is 0 Å². The summed E-state index contributed by atoms with van der Waals surface area (Å²) in [4.78, 5) is 10.5. The summed E-state index contributed by atoms with van der Waals surface area (Å²) in [5, 5.41) is 8.60. The average Bonchev–Trinajstić information content (AvgIpc) is 2.67. The topological polar surface area (TPSA) is 86.7 Å². The number of nitrogens with zero attached hydrogens (tertiary/aromatic N) is 1. The van der Waals surface area contributed by atoms with Gasteiger partial charge in [-0.25, -0.2) is 4.72 Å². The Hall–Kier alpha value is -0.660. The third-order valence-corrected chi connectivity index (χ3v) is 3.97. The molecule has 1 saturated heterocycles. The third kappa shape index (κ3) is 3.44. The molecule has 1 aliphatic heterocycles. The molecule has 0 aromatic rings. The summed E-state index contributed by atoms with van der Waals surface area (Å²) in [5.74, 6) is -1.71. The van der Waals surface area contributed by atoms with Crippen molar-refractivity contribution in [2.24, 2.45) is 5.92 Å². The van der Waals surface area contributed by atoms with Crippen molar-refractivity contribution >= 4 is 16.2 Å². The maximum atomic E-state index is 11.6. The van der Waals surface area contributed by atoms with Crippen LogP contribution in [0.15, 0.2) is 0 Å². The van der Waals surface area contributed by atoms with Crippen molar-refractivity contribution in [1.82, 2.24) is 9.03 Å². The standard InChI is InChI=1S/C8H16N2O4S/c1-7(8(11)12)6-9-15(13,14)10-4-2-3-5-10/h7,9H,2-6H2,1H3,(H,11,12). The Kier molecular flexibility index (Phi) is 4.06. The summed E-state index contributed by atoms with van der Waals surface area (Å²) in [6.07, 6.45) is 1.74. The van der Waals surface area contributed by atoms with E-state index in [0.29, 0.717) is 13.1 Å². The van der Waals surface area contributed by atoms with Gasteiger partial charge < -0.3 is 5.11 Å². The molecule has 6 nitrogen and oxygen atoms in total. The van der Waals surface area contributed by atoms with Crippen molar-refractivity contribution in [2.45, 2.75) is 19.8 Å². The minimum absolute atomic E-state index is 0.0613. The van der Waals surface area contributed by atoms with E-state index >= 15 is 0 Å². The molecule has 0 saturated carbocycles. The van der Waals surface area contributed by atoms with Gasteiger partial charge in [0.2, 0.25) is 0 Å². The Morgan fingerprint density at radius 2 is 2.00 bits per heavy atom. The van der Waals surface area contributed by atoms with Crippen molar-refractivity contribution in [3.8, 4) is 0 Å². The smallest absolute Gasteiger partial charge is 0.307 e. The number of hydrogen-bond donors (Lipinski definition) is 2. The highest BCUT2D eigenvalue weighted by Gasteiger charge is 2.25. The van der Waals surface area contributed by atoms with E-state index < -0.39 is 22.1 Å². The first-order chi connectivity index (χ1) is 6.93. The highest BCUT2D eigenvalue weighted by Crippen LogP contribution is 2.11. The van der Waals surface area contributed by atoms with Crippen LogP contribution in [-0.4, -0.2) is 43.4 Å². The van der Waals surface area contributed by atoms with Crippen molar-refractivity contribution in [3.05, 3.63) is 0 Å². The number of rotatable bonds is 5. The molecule has 1 aliphatic rings. The second kappa shape index (κ2) is 4.91. The molecule has 1 unspecified atom stereocenters. The summed E-state index contributed by atoms with van der Waals surface area (Å²) in [6, 6.07) is 0. The molecule has 0 radical (unpaired) electrons. The number of carboxylic acid groups (broad SMARTS) is 1. The van der Waals surface area contributed by atoms with Crippen LogP contribution in [-0.2, 0) is 15.0 Å². The van der Waals surface area contributed by atoms with Crippen molar-refractivity contribution < 1.29 is 18.3 Å². The normalized spacial score (nSPS) is 20.3. The molecule has 1 heterocycles. The first kappa shape index (κ1) is 12.4. The van der Waals surface area contributed by atoms with E-state index in [0.717, 1.165) is 12.8 Å². The van der Waals surface area contributed by atoms with Gasteiger partial charge >= 0.3 is 5.97 Å². The molecular weight excluding hydrogens is 220 g/mol. The molecule has 0 bridgehead atoms. The fraction of sp³-hybridized carbons (Fsp3) is 0.875. The molecule has 2 N–H and O–H groups in total. The van der Waals surface area contributed by atoms with Crippen LogP contribution in [0, 0.1) is 5.92 Å². The Bertz CT molecular complexity index is 322. The summed E-state index contributed by atoms with van der Waals surface area (Å²) in [7, 11) is -3.47. The minimum Gasteiger partial charge on any atom is -0.481 e. The Morgan fingerprint density at radius 3 is 2.47 bits per heavy atom. The second-order valence-corrected chi connectivity index (χ2v) is 5.45. The van der Waals surface area contributed by atoms with Gasteiger partial charge in [0.05, 0.1) is 5.92 Å². The largest absolute Gasteiger partial charge is 0.481 e. The van der Waals surface area contributed by atoms with E-state index in [2.05, 4.69) is 4.72 Å². The van der Waals surface area contributed by atoms with Crippen LogP contribution in [0.1, 0.15) is 19.8 Å². The minimum atomic E-state index is -3.47. The lowest BCUT2D eigenvalue weighted by molar-refractivity contribution is -0.140. The van der Waals surface area contributed by atoms with E-state index in [9.17, 15) is 13.2 Å². The number of carbonyl (C=O) groups is 1. The van der Waals surface area contributed by atoms with Gasteiger partial charge in [-0.1, -0.05) is 6.92 Å². The maximum Gasteiger partial charge on any atom is 0.307 e. The predicted octanol–water partition coefficient (Wildman–Crippen LogP) is -0.363. The SMILES string of the molecule is CC(CNS(=O)(=O)N1CCCC1)C(=O)O. The first-order valence-electron chi connectivity index (χ1n) is 4.91. The molecule has 1 fully saturated rings. The fourth-order valence-electron chi connectivity index (χ4n) is 1.34. The van der Waals surface area contributed by atoms with Gasteiger partial charge in [0, 0.05) is 19.6 Å². The predicted molar refractivity (Wildman–Crippen MR) is 54.5 cm³/mol. The van der Waals surface area contributed by atoms with Crippen LogP contribution in [0.25, 0.3) is 0 Å². The van der Waals surface area contributed by atoms with Gasteiger partial charge in [-0.05, 0) is 12.8 Å². The van der Waals surface area contributed by atoms with Crippen LogP contribution in [0.4, 0.5) is 0 Å². The molecule has 0 spiro atoms. The van der Waals surface area contributed by atoms with Crippen molar-refractivity contribution in [1.29, 1.82) is 0 Å². The number of hydrogen-bond acceptors (Lipinski definition) is 3. The molecule has 0 aliphatic carbocycles. The molecule has 1 rings (SSSR count). The lowest BCUT2D eigenvalue weighted by Gasteiger charge is -2.16. The van der Waals surface area contributed by atoms with Gasteiger partial charge in [-0.3, -0.25) is 4.79 Å². The molecule has 15 heavy (non-hydrogen) atoms. The molecule has 1 atom stereocenters. The number of nitrogens with one attached hydrogen (secondary N) is 1. The zero-order chi connectivity index (χ0) is 11.5. The lowest BCUT2D eigenvalue weighted by atomic mass is 10.2. The van der Waals surface area contributed by atoms with E-state index in [-0.39, 0.29) is 6.54 Å². The summed E-state index contributed by atoms with van der Waals surface area (Å²) in [6.45, 7) is 2.45. The molecule has 0 aromatic carbocycles. The van der Waals surface area contributed by atoms with Gasteiger partial charge in [-0.15, -0.1) is 0 Å². The molecule has 7 heteroatoms. The molecule has 88 valence electrons. The van der Waals surface area contributed by atoms with Crippen molar-refractivity contribution in [2.75, 3.05) is 19.6 Å². The van der Waals surface area contributed by atoms with Gasteiger partial charge in [0.25, 0.3) is 10.2 Å². The second-order valence-electron chi connectivity index (χ2n) is 3.70. The van der Waals surface area contributed by atoms with Crippen LogP contribution in [0.2, 0.25) is 0 Å². The number of carboxylic acids is 1. The van der Waals surface area contributed by atoms with Gasteiger partial charge in [0.15, 0.2) is 0 Å². The highest BCUT2D eigenvalue weighted by atomic mass is 32.2. The lowest BCUT2D eigenvalue weighted by Crippen LogP contribution is -2.41. The number of aliphatic carboxylic acids is 1. The quantitative estimate of drug-likeness (QED) is 0.682. The molecule has 0 amide bonds. The van der Waals surface area contributed by atoms with Crippen LogP contribution in [0.5, 0.6) is 0 Å². The molecular formula is C8H16N2O4S. The van der Waals surface area contributed by atoms with Crippen LogP contribution in [0.3, 0.4) is 0 Å².